The lowest BCUT2D eigenvalue weighted by molar-refractivity contribution is 0.140. The fourth-order valence-corrected chi connectivity index (χ4v) is 1.60. The molecule has 0 aliphatic heterocycles. The van der Waals surface area contributed by atoms with Crippen LogP contribution in [0, 0.1) is 11.3 Å². The van der Waals surface area contributed by atoms with Crippen LogP contribution in [-0.2, 0) is 4.84 Å². The van der Waals surface area contributed by atoms with Crippen LogP contribution in [0.3, 0.4) is 0 Å². The summed E-state index contributed by atoms with van der Waals surface area (Å²) in [7, 11) is 0. The third kappa shape index (κ3) is 4.38. The summed E-state index contributed by atoms with van der Waals surface area (Å²) in [4.78, 5) is 5.17. The molecule has 0 amide bonds. The lowest BCUT2D eigenvalue weighted by Gasteiger charge is -2.09. The third-order valence-electron chi connectivity index (χ3n) is 2.55. The van der Waals surface area contributed by atoms with Crippen molar-refractivity contribution in [2.45, 2.75) is 32.6 Å². The number of rotatable bonds is 6. The van der Waals surface area contributed by atoms with Gasteiger partial charge in [-0.05, 0) is 31.0 Å². The van der Waals surface area contributed by atoms with Crippen LogP contribution < -0.4 is 0 Å². The Morgan fingerprint density at radius 2 is 2.11 bits per heavy atom. The van der Waals surface area contributed by atoms with Gasteiger partial charge in [0, 0.05) is 5.02 Å². The number of benzene rings is 1. The molecule has 0 fully saturated rings. The molecule has 0 heterocycles. The largest absolute Gasteiger partial charge is 0.396 e. The van der Waals surface area contributed by atoms with Crippen LogP contribution in [0.5, 0.6) is 0 Å². The number of unbranched alkanes of at least 4 members (excludes halogenated alkanes) is 1. The smallest absolute Gasteiger partial charge is 0.117 e. The third-order valence-corrected chi connectivity index (χ3v) is 2.80. The highest BCUT2D eigenvalue weighted by atomic mass is 35.5. The second-order valence-electron chi connectivity index (χ2n) is 4.03. The Bertz CT molecular complexity index is 434. The van der Waals surface area contributed by atoms with E-state index in [0.29, 0.717) is 17.3 Å². The van der Waals surface area contributed by atoms with E-state index in [1.54, 1.807) is 19.1 Å². The number of nitriles is 1. The van der Waals surface area contributed by atoms with E-state index in [1.807, 2.05) is 12.1 Å². The van der Waals surface area contributed by atoms with Crippen LogP contribution in [0.15, 0.2) is 29.4 Å². The molecule has 96 valence electrons. The summed E-state index contributed by atoms with van der Waals surface area (Å²) in [6.45, 7) is 4.48. The van der Waals surface area contributed by atoms with Crippen molar-refractivity contribution in [3.05, 3.63) is 34.9 Å². The molecule has 1 unspecified atom stereocenters. The molecule has 1 aromatic rings. The quantitative estimate of drug-likeness (QED) is 0.440. The fraction of sp³-hybridized carbons (Fsp3) is 0.429. The SMILES string of the molecule is CCCCO/N=C(\C)C(C#N)c1ccc(Cl)cc1. The minimum atomic E-state index is -0.385. The molecule has 0 saturated heterocycles. The molecule has 18 heavy (non-hydrogen) atoms. The Kier molecular flexibility index (Phi) is 6.24. The first-order valence-corrected chi connectivity index (χ1v) is 6.38. The summed E-state index contributed by atoms with van der Waals surface area (Å²) in [5.74, 6) is -0.385. The van der Waals surface area contributed by atoms with Gasteiger partial charge in [-0.15, -0.1) is 0 Å². The molecule has 0 spiro atoms. The monoisotopic (exact) mass is 264 g/mol. The van der Waals surface area contributed by atoms with Crippen molar-refractivity contribution in [2.24, 2.45) is 5.16 Å². The topological polar surface area (TPSA) is 45.4 Å². The molecule has 0 radical (unpaired) electrons. The molecule has 0 aromatic heterocycles. The molecular formula is C14H17ClN2O. The van der Waals surface area contributed by atoms with Gasteiger partial charge >= 0.3 is 0 Å². The van der Waals surface area contributed by atoms with Crippen LogP contribution >= 0.6 is 11.6 Å². The van der Waals surface area contributed by atoms with E-state index < -0.39 is 0 Å². The van der Waals surface area contributed by atoms with E-state index in [-0.39, 0.29) is 5.92 Å². The summed E-state index contributed by atoms with van der Waals surface area (Å²) in [6.07, 6.45) is 2.03. The van der Waals surface area contributed by atoms with Crippen molar-refractivity contribution in [1.82, 2.24) is 0 Å². The average Bonchev–Trinajstić information content (AvgIpc) is 2.38. The molecule has 0 aliphatic rings. The van der Waals surface area contributed by atoms with Gasteiger partial charge in [-0.1, -0.05) is 42.2 Å². The zero-order valence-corrected chi connectivity index (χ0v) is 11.4. The van der Waals surface area contributed by atoms with E-state index >= 15 is 0 Å². The van der Waals surface area contributed by atoms with Gasteiger partial charge in [-0.3, -0.25) is 0 Å². The lowest BCUT2D eigenvalue weighted by Crippen LogP contribution is -2.08. The summed E-state index contributed by atoms with van der Waals surface area (Å²) in [5, 5.41) is 13.9. The predicted octanol–water partition coefficient (Wildman–Crippen LogP) is 4.14. The van der Waals surface area contributed by atoms with Crippen molar-refractivity contribution in [2.75, 3.05) is 6.61 Å². The molecule has 3 nitrogen and oxygen atoms in total. The number of nitrogens with zero attached hydrogens (tertiary/aromatic N) is 2. The normalized spacial score (nSPS) is 12.9. The highest BCUT2D eigenvalue weighted by molar-refractivity contribution is 6.30. The maximum absolute atomic E-state index is 9.20. The first-order valence-electron chi connectivity index (χ1n) is 6.00. The molecule has 1 rings (SSSR count). The van der Waals surface area contributed by atoms with Crippen molar-refractivity contribution < 1.29 is 4.84 Å². The van der Waals surface area contributed by atoms with Gasteiger partial charge in [-0.2, -0.15) is 5.26 Å². The maximum Gasteiger partial charge on any atom is 0.117 e. The van der Waals surface area contributed by atoms with Gasteiger partial charge in [0.05, 0.1) is 11.8 Å². The summed E-state index contributed by atoms with van der Waals surface area (Å²) in [5.41, 5.74) is 1.54. The fourth-order valence-electron chi connectivity index (χ4n) is 1.47. The summed E-state index contributed by atoms with van der Waals surface area (Å²) >= 11 is 5.82. The van der Waals surface area contributed by atoms with Gasteiger partial charge < -0.3 is 4.84 Å². The number of hydrogen-bond donors (Lipinski definition) is 0. The molecular weight excluding hydrogens is 248 g/mol. The van der Waals surface area contributed by atoms with Crippen LogP contribution in [0.2, 0.25) is 5.02 Å². The summed E-state index contributed by atoms with van der Waals surface area (Å²) < 4.78 is 0. The van der Waals surface area contributed by atoms with Gasteiger partial charge in [-0.25, -0.2) is 0 Å². The zero-order chi connectivity index (χ0) is 13.4. The number of halogens is 1. The molecule has 1 atom stereocenters. The van der Waals surface area contributed by atoms with Crippen LogP contribution in [0.25, 0.3) is 0 Å². The number of oxime groups is 1. The van der Waals surface area contributed by atoms with Crippen molar-refractivity contribution in [3.63, 3.8) is 0 Å². The Balaban J connectivity index is 2.71. The number of hydrogen-bond acceptors (Lipinski definition) is 3. The van der Waals surface area contributed by atoms with Gasteiger partial charge in [0.25, 0.3) is 0 Å². The first kappa shape index (κ1) is 14.5. The summed E-state index contributed by atoms with van der Waals surface area (Å²) in [6, 6.07) is 9.43. The standard InChI is InChI=1S/C14H17ClN2O/c1-3-4-9-18-17-11(2)14(10-16)12-5-7-13(15)8-6-12/h5-8,14H,3-4,9H2,1-2H3/b17-11+. The Hall–Kier alpha value is -1.53. The average molecular weight is 265 g/mol. The predicted molar refractivity (Wildman–Crippen MR) is 73.8 cm³/mol. The van der Waals surface area contributed by atoms with Gasteiger partial charge in [0.1, 0.15) is 12.5 Å². The first-order chi connectivity index (χ1) is 8.69. The second-order valence-corrected chi connectivity index (χ2v) is 4.47. The molecule has 0 saturated carbocycles. The van der Waals surface area contributed by atoms with Gasteiger partial charge in [0.2, 0.25) is 0 Å². The van der Waals surface area contributed by atoms with Crippen LogP contribution in [-0.4, -0.2) is 12.3 Å². The molecule has 0 aliphatic carbocycles. The zero-order valence-electron chi connectivity index (χ0n) is 10.7. The maximum atomic E-state index is 9.20. The van der Waals surface area contributed by atoms with E-state index in [9.17, 15) is 5.26 Å². The van der Waals surface area contributed by atoms with Gasteiger partial charge in [0.15, 0.2) is 0 Å². The van der Waals surface area contributed by atoms with Crippen LogP contribution in [0.4, 0.5) is 0 Å². The Morgan fingerprint density at radius 3 is 2.67 bits per heavy atom. The van der Waals surface area contributed by atoms with Crippen LogP contribution in [0.1, 0.15) is 38.2 Å². The Labute approximate surface area is 113 Å². The highest BCUT2D eigenvalue weighted by Gasteiger charge is 2.14. The Morgan fingerprint density at radius 1 is 1.44 bits per heavy atom. The highest BCUT2D eigenvalue weighted by Crippen LogP contribution is 2.19. The van der Waals surface area contributed by atoms with E-state index in [1.165, 1.54) is 0 Å². The minimum absolute atomic E-state index is 0.385. The lowest BCUT2D eigenvalue weighted by atomic mass is 9.97. The van der Waals surface area contributed by atoms with E-state index in [2.05, 4.69) is 18.1 Å². The molecule has 4 heteroatoms. The molecule has 0 N–H and O–H groups in total. The second kappa shape index (κ2) is 7.73. The van der Waals surface area contributed by atoms with Crippen molar-refractivity contribution in [1.29, 1.82) is 5.26 Å². The van der Waals surface area contributed by atoms with Crippen molar-refractivity contribution in [3.8, 4) is 6.07 Å². The van der Waals surface area contributed by atoms with Crippen molar-refractivity contribution >= 4 is 17.3 Å². The van der Waals surface area contributed by atoms with E-state index in [4.69, 9.17) is 16.4 Å². The minimum Gasteiger partial charge on any atom is -0.396 e. The molecule has 0 bridgehead atoms. The molecule has 1 aromatic carbocycles. The van der Waals surface area contributed by atoms with E-state index in [0.717, 1.165) is 18.4 Å².